The summed E-state index contributed by atoms with van der Waals surface area (Å²) in [6, 6.07) is 22.0. The summed E-state index contributed by atoms with van der Waals surface area (Å²) in [4.78, 5) is 0. The van der Waals surface area contributed by atoms with Crippen molar-refractivity contribution in [3.05, 3.63) is 96.4 Å². The van der Waals surface area contributed by atoms with Crippen molar-refractivity contribution in [2.45, 2.75) is 24.9 Å². The van der Waals surface area contributed by atoms with E-state index in [4.69, 9.17) is 4.74 Å². The van der Waals surface area contributed by atoms with Gasteiger partial charge in [0.25, 0.3) is 0 Å². The quantitative estimate of drug-likeness (QED) is 0.388. The van der Waals surface area contributed by atoms with Gasteiger partial charge in [0, 0.05) is 5.92 Å². The molecular weight excluding hydrogens is 384 g/mol. The molecule has 0 fully saturated rings. The predicted octanol–water partition coefficient (Wildman–Crippen LogP) is 6.32. The van der Waals surface area contributed by atoms with E-state index in [9.17, 15) is 10.2 Å². The Morgan fingerprint density at radius 1 is 1.00 bits per heavy atom. The fourth-order valence-electron chi connectivity index (χ4n) is 4.78. The fourth-order valence-corrected chi connectivity index (χ4v) is 4.78. The molecule has 3 heteroatoms. The van der Waals surface area contributed by atoms with Crippen LogP contribution in [0, 0.1) is 6.92 Å². The summed E-state index contributed by atoms with van der Waals surface area (Å²) in [5.41, 5.74) is 1.46. The highest BCUT2D eigenvalue weighted by Gasteiger charge is 2.37. The number of ether oxygens (including phenoxy) is 1. The first-order chi connectivity index (χ1) is 15.0. The molecule has 0 amide bonds. The van der Waals surface area contributed by atoms with Gasteiger partial charge in [-0.15, -0.1) is 0 Å². The molecule has 0 aliphatic heterocycles. The second kappa shape index (κ2) is 7.44. The van der Waals surface area contributed by atoms with Gasteiger partial charge in [0.05, 0.1) is 12.2 Å². The molecule has 4 aromatic rings. The zero-order chi connectivity index (χ0) is 21.6. The normalized spacial score (nSPS) is 17.5. The number of fused-ring (bicyclic) bond motifs is 5. The molecule has 4 aromatic carbocycles. The van der Waals surface area contributed by atoms with E-state index in [2.05, 4.69) is 67.6 Å². The summed E-state index contributed by atoms with van der Waals surface area (Å²) in [5, 5.41) is 26.5. The van der Waals surface area contributed by atoms with Crippen LogP contribution in [0.15, 0.2) is 72.8 Å². The third-order valence-electron chi connectivity index (χ3n) is 6.37. The summed E-state index contributed by atoms with van der Waals surface area (Å²) >= 11 is 0. The van der Waals surface area contributed by atoms with Gasteiger partial charge in [-0.25, -0.2) is 0 Å². The molecule has 5 rings (SSSR count). The fraction of sp³-hybridized carbons (Fsp3) is 0.179. The van der Waals surface area contributed by atoms with Crippen LogP contribution in [0.3, 0.4) is 0 Å². The first-order valence-corrected chi connectivity index (χ1v) is 10.7. The third-order valence-corrected chi connectivity index (χ3v) is 6.37. The summed E-state index contributed by atoms with van der Waals surface area (Å²) in [5.74, 6) is 0.198. The van der Waals surface area contributed by atoms with E-state index >= 15 is 0 Å². The molecule has 155 valence electrons. The smallest absolute Gasteiger partial charge is 0.161 e. The molecule has 0 saturated carbocycles. The molecule has 0 bridgehead atoms. The van der Waals surface area contributed by atoms with Crippen molar-refractivity contribution in [1.29, 1.82) is 0 Å². The number of benzene rings is 4. The number of phenolic OH excluding ortho intramolecular Hbond substituents is 1. The van der Waals surface area contributed by atoms with E-state index in [1.165, 1.54) is 21.5 Å². The molecule has 3 nitrogen and oxygen atoms in total. The lowest BCUT2D eigenvalue weighted by molar-refractivity contribution is 0.0545. The Hall–Kier alpha value is -3.30. The maximum Gasteiger partial charge on any atom is 0.161 e. The first kappa shape index (κ1) is 19.7. The number of aliphatic hydroxyl groups is 1. The Morgan fingerprint density at radius 3 is 2.65 bits per heavy atom. The molecule has 0 saturated heterocycles. The van der Waals surface area contributed by atoms with Crippen LogP contribution in [0.2, 0.25) is 0 Å². The molecule has 0 aromatic heterocycles. The van der Waals surface area contributed by atoms with Gasteiger partial charge in [-0.1, -0.05) is 66.7 Å². The highest BCUT2D eigenvalue weighted by atomic mass is 16.5. The van der Waals surface area contributed by atoms with E-state index in [1.54, 1.807) is 18.2 Å². The lowest BCUT2D eigenvalue weighted by atomic mass is 9.72. The Kier molecular flexibility index (Phi) is 4.71. The van der Waals surface area contributed by atoms with Crippen molar-refractivity contribution < 1.29 is 14.9 Å². The standard InChI is InChI=1S/C28H25O3/c1-3-31-27-17-19(12-16-26(27)29)28(2,30)25-10-6-9-21-23-13-11-18-7-4-5-8-20(18)22(23)14-15-24(21)25/h4-9,11-17,25,29-30H,2-3,10H2,1H3/t25?,28-/m0/s1. The van der Waals surface area contributed by atoms with E-state index in [1.807, 2.05) is 6.92 Å². The molecular formula is C28H25O3. The Labute approximate surface area is 182 Å². The van der Waals surface area contributed by atoms with Crippen LogP contribution < -0.4 is 4.74 Å². The number of phenols is 1. The van der Waals surface area contributed by atoms with Crippen LogP contribution >= 0.6 is 0 Å². The molecule has 2 atom stereocenters. The average molecular weight is 410 g/mol. The first-order valence-electron chi connectivity index (χ1n) is 10.7. The minimum absolute atomic E-state index is 0.0585. The van der Waals surface area contributed by atoms with Crippen LogP contribution in [0.25, 0.3) is 27.6 Å². The van der Waals surface area contributed by atoms with Gasteiger partial charge >= 0.3 is 0 Å². The zero-order valence-electron chi connectivity index (χ0n) is 17.5. The van der Waals surface area contributed by atoms with E-state index < -0.39 is 5.60 Å². The average Bonchev–Trinajstić information content (AvgIpc) is 2.79. The topological polar surface area (TPSA) is 49.7 Å². The number of aromatic hydroxyl groups is 1. The van der Waals surface area contributed by atoms with Crippen LogP contribution in [0.4, 0.5) is 0 Å². The summed E-state index contributed by atoms with van der Waals surface area (Å²) in [6.45, 7) is 6.50. The van der Waals surface area contributed by atoms with Crippen molar-refractivity contribution in [2.75, 3.05) is 6.61 Å². The molecule has 2 N–H and O–H groups in total. The SMILES string of the molecule is [CH2][C@](O)(c1ccc(O)c(OCC)c1)C1CC=Cc2c1ccc1c2ccc2ccccc21. The monoisotopic (exact) mass is 409 g/mol. The van der Waals surface area contributed by atoms with Gasteiger partial charge in [-0.05, 0) is 70.6 Å². The van der Waals surface area contributed by atoms with Crippen molar-refractivity contribution in [3.8, 4) is 11.5 Å². The number of hydrogen-bond donors (Lipinski definition) is 2. The van der Waals surface area contributed by atoms with Crippen LogP contribution in [-0.2, 0) is 5.60 Å². The second-order valence-electron chi connectivity index (χ2n) is 8.18. The maximum atomic E-state index is 11.6. The van der Waals surface area contributed by atoms with Crippen LogP contribution in [0.1, 0.15) is 36.0 Å². The van der Waals surface area contributed by atoms with Crippen molar-refractivity contribution in [2.24, 2.45) is 0 Å². The van der Waals surface area contributed by atoms with E-state index in [-0.39, 0.29) is 11.7 Å². The Balaban J connectivity index is 1.65. The zero-order valence-corrected chi connectivity index (χ0v) is 17.5. The van der Waals surface area contributed by atoms with Crippen molar-refractivity contribution in [1.82, 2.24) is 0 Å². The van der Waals surface area contributed by atoms with Gasteiger partial charge in [0.2, 0.25) is 0 Å². The highest BCUT2D eigenvalue weighted by molar-refractivity contribution is 6.10. The van der Waals surface area contributed by atoms with Crippen LogP contribution in [-0.4, -0.2) is 16.8 Å². The highest BCUT2D eigenvalue weighted by Crippen LogP contribution is 2.46. The Bertz CT molecular complexity index is 1320. The number of allylic oxidation sites excluding steroid dienone is 1. The van der Waals surface area contributed by atoms with Gasteiger partial charge in [0.1, 0.15) is 0 Å². The molecule has 0 spiro atoms. The maximum absolute atomic E-state index is 11.6. The van der Waals surface area contributed by atoms with Gasteiger partial charge < -0.3 is 14.9 Å². The van der Waals surface area contributed by atoms with Crippen molar-refractivity contribution in [3.63, 3.8) is 0 Å². The number of rotatable bonds is 4. The molecule has 31 heavy (non-hydrogen) atoms. The van der Waals surface area contributed by atoms with Gasteiger partial charge in [-0.2, -0.15) is 0 Å². The largest absolute Gasteiger partial charge is 0.504 e. The lowest BCUT2D eigenvalue weighted by Gasteiger charge is -2.36. The molecule has 0 heterocycles. The minimum atomic E-state index is -1.37. The molecule has 1 aliphatic rings. The summed E-state index contributed by atoms with van der Waals surface area (Å²) < 4.78 is 5.52. The second-order valence-corrected chi connectivity index (χ2v) is 8.18. The molecule has 1 aliphatic carbocycles. The third kappa shape index (κ3) is 3.17. The van der Waals surface area contributed by atoms with E-state index in [0.717, 1.165) is 11.1 Å². The van der Waals surface area contributed by atoms with Crippen molar-refractivity contribution >= 4 is 27.6 Å². The summed E-state index contributed by atoms with van der Waals surface area (Å²) in [6.07, 6.45) is 4.94. The minimum Gasteiger partial charge on any atom is -0.504 e. The van der Waals surface area contributed by atoms with Gasteiger partial charge in [0.15, 0.2) is 11.5 Å². The number of hydrogen-bond acceptors (Lipinski definition) is 3. The summed E-state index contributed by atoms with van der Waals surface area (Å²) in [7, 11) is 0. The lowest BCUT2D eigenvalue weighted by Crippen LogP contribution is -2.31. The predicted molar refractivity (Wildman–Crippen MR) is 126 cm³/mol. The molecule has 1 unspecified atom stereocenters. The van der Waals surface area contributed by atoms with Crippen LogP contribution in [0.5, 0.6) is 11.5 Å². The Morgan fingerprint density at radius 2 is 1.81 bits per heavy atom. The van der Waals surface area contributed by atoms with Gasteiger partial charge in [-0.3, -0.25) is 0 Å². The van der Waals surface area contributed by atoms with E-state index in [0.29, 0.717) is 24.3 Å². The molecule has 1 radical (unpaired) electrons.